The predicted octanol–water partition coefficient (Wildman–Crippen LogP) is 3.55. The lowest BCUT2D eigenvalue weighted by atomic mass is 9.97. The van der Waals surface area contributed by atoms with Crippen LogP contribution in [0.2, 0.25) is 0 Å². The summed E-state index contributed by atoms with van der Waals surface area (Å²) in [5.41, 5.74) is 8.89. The van der Waals surface area contributed by atoms with Crippen molar-refractivity contribution in [1.82, 2.24) is 4.98 Å². The maximum Gasteiger partial charge on any atom is 0.123 e. The van der Waals surface area contributed by atoms with Gasteiger partial charge in [0, 0.05) is 24.5 Å². The van der Waals surface area contributed by atoms with Gasteiger partial charge in [-0.3, -0.25) is 4.98 Å². The Hall–Kier alpha value is -2.42. The standard InChI is InChI=1S/C16H13FN2/c17-13-4-5-14-12(9-13)3-6-16(18)15(14)8-11-2-1-7-19-10-11/h1-7,9-10H,8,18H2. The molecule has 0 aliphatic heterocycles. The lowest BCUT2D eigenvalue weighted by Gasteiger charge is -2.10. The van der Waals surface area contributed by atoms with Crippen molar-refractivity contribution in [1.29, 1.82) is 0 Å². The molecule has 3 heteroatoms. The zero-order valence-corrected chi connectivity index (χ0v) is 10.3. The Labute approximate surface area is 110 Å². The van der Waals surface area contributed by atoms with Crippen LogP contribution in [0.3, 0.4) is 0 Å². The summed E-state index contributed by atoms with van der Waals surface area (Å²) >= 11 is 0. The molecule has 3 aromatic rings. The summed E-state index contributed by atoms with van der Waals surface area (Å²) in [5.74, 6) is -0.232. The lowest BCUT2D eigenvalue weighted by molar-refractivity contribution is 0.629. The van der Waals surface area contributed by atoms with Crippen molar-refractivity contribution in [3.8, 4) is 0 Å². The maximum atomic E-state index is 13.3. The Morgan fingerprint density at radius 1 is 1.11 bits per heavy atom. The lowest BCUT2D eigenvalue weighted by Crippen LogP contribution is -1.97. The molecule has 0 saturated heterocycles. The molecule has 0 bridgehead atoms. The topological polar surface area (TPSA) is 38.9 Å². The van der Waals surface area contributed by atoms with E-state index in [1.54, 1.807) is 12.3 Å². The quantitative estimate of drug-likeness (QED) is 0.708. The second-order valence-electron chi connectivity index (χ2n) is 4.54. The van der Waals surface area contributed by atoms with Crippen LogP contribution in [0.4, 0.5) is 10.1 Å². The van der Waals surface area contributed by atoms with E-state index in [9.17, 15) is 4.39 Å². The highest BCUT2D eigenvalue weighted by Gasteiger charge is 2.07. The van der Waals surface area contributed by atoms with E-state index in [1.807, 2.05) is 30.5 Å². The van der Waals surface area contributed by atoms with Gasteiger partial charge in [-0.1, -0.05) is 18.2 Å². The SMILES string of the molecule is Nc1ccc2cc(F)ccc2c1Cc1cccnc1. The second kappa shape index (κ2) is 4.69. The van der Waals surface area contributed by atoms with E-state index >= 15 is 0 Å². The molecule has 0 saturated carbocycles. The highest BCUT2D eigenvalue weighted by molar-refractivity contribution is 5.90. The summed E-state index contributed by atoms with van der Waals surface area (Å²) in [6.07, 6.45) is 4.26. The minimum atomic E-state index is -0.232. The van der Waals surface area contributed by atoms with Gasteiger partial charge >= 0.3 is 0 Å². The monoisotopic (exact) mass is 252 g/mol. The van der Waals surface area contributed by atoms with Gasteiger partial charge < -0.3 is 5.73 Å². The van der Waals surface area contributed by atoms with Gasteiger partial charge in [0.15, 0.2) is 0 Å². The van der Waals surface area contributed by atoms with Crippen LogP contribution in [0.1, 0.15) is 11.1 Å². The molecule has 2 nitrogen and oxygen atoms in total. The minimum Gasteiger partial charge on any atom is -0.398 e. The molecule has 2 N–H and O–H groups in total. The Morgan fingerprint density at radius 3 is 2.79 bits per heavy atom. The molecule has 2 aromatic carbocycles. The zero-order valence-electron chi connectivity index (χ0n) is 10.3. The van der Waals surface area contributed by atoms with Crippen LogP contribution in [0, 0.1) is 5.82 Å². The van der Waals surface area contributed by atoms with Crippen molar-refractivity contribution in [2.45, 2.75) is 6.42 Å². The van der Waals surface area contributed by atoms with Crippen LogP contribution in [0.25, 0.3) is 10.8 Å². The number of halogens is 1. The molecule has 1 heterocycles. The van der Waals surface area contributed by atoms with Gasteiger partial charge in [-0.25, -0.2) is 4.39 Å². The molecule has 0 spiro atoms. The van der Waals surface area contributed by atoms with Crippen LogP contribution < -0.4 is 5.73 Å². The number of nitrogens with zero attached hydrogens (tertiary/aromatic N) is 1. The summed E-state index contributed by atoms with van der Waals surface area (Å²) in [4.78, 5) is 4.10. The predicted molar refractivity (Wildman–Crippen MR) is 75.4 cm³/mol. The first-order valence-corrected chi connectivity index (χ1v) is 6.09. The number of aromatic nitrogens is 1. The number of hydrogen-bond donors (Lipinski definition) is 1. The van der Waals surface area contributed by atoms with Crippen molar-refractivity contribution >= 4 is 16.5 Å². The van der Waals surface area contributed by atoms with E-state index in [0.29, 0.717) is 6.42 Å². The van der Waals surface area contributed by atoms with Gasteiger partial charge in [0.1, 0.15) is 5.82 Å². The fraction of sp³-hybridized carbons (Fsp3) is 0.0625. The smallest absolute Gasteiger partial charge is 0.123 e. The molecule has 0 unspecified atom stereocenters. The Morgan fingerprint density at radius 2 is 2.00 bits per heavy atom. The molecule has 0 radical (unpaired) electrons. The zero-order chi connectivity index (χ0) is 13.2. The number of rotatable bonds is 2. The normalized spacial score (nSPS) is 10.8. The van der Waals surface area contributed by atoms with Crippen LogP contribution in [0.15, 0.2) is 54.9 Å². The molecule has 0 atom stereocenters. The summed E-state index contributed by atoms with van der Waals surface area (Å²) < 4.78 is 13.3. The summed E-state index contributed by atoms with van der Waals surface area (Å²) in [6.45, 7) is 0. The number of anilines is 1. The molecule has 19 heavy (non-hydrogen) atoms. The summed E-state index contributed by atoms with van der Waals surface area (Å²) in [7, 11) is 0. The van der Waals surface area contributed by atoms with Gasteiger partial charge in [-0.15, -0.1) is 0 Å². The highest BCUT2D eigenvalue weighted by Crippen LogP contribution is 2.27. The molecule has 94 valence electrons. The van der Waals surface area contributed by atoms with E-state index in [1.165, 1.54) is 12.1 Å². The van der Waals surface area contributed by atoms with Crippen molar-refractivity contribution in [3.05, 3.63) is 71.8 Å². The van der Waals surface area contributed by atoms with E-state index in [0.717, 1.165) is 27.6 Å². The van der Waals surface area contributed by atoms with Crippen LogP contribution in [-0.4, -0.2) is 4.98 Å². The van der Waals surface area contributed by atoms with E-state index < -0.39 is 0 Å². The Balaban J connectivity index is 2.14. The van der Waals surface area contributed by atoms with Gasteiger partial charge in [-0.2, -0.15) is 0 Å². The van der Waals surface area contributed by atoms with Crippen molar-refractivity contribution in [3.63, 3.8) is 0 Å². The third-order valence-electron chi connectivity index (χ3n) is 3.23. The van der Waals surface area contributed by atoms with E-state index in [2.05, 4.69) is 4.98 Å². The van der Waals surface area contributed by atoms with E-state index in [4.69, 9.17) is 5.73 Å². The van der Waals surface area contributed by atoms with Crippen molar-refractivity contribution in [2.75, 3.05) is 5.73 Å². The van der Waals surface area contributed by atoms with Gasteiger partial charge in [0.25, 0.3) is 0 Å². The molecule has 0 amide bonds. The first-order valence-electron chi connectivity index (χ1n) is 6.09. The van der Waals surface area contributed by atoms with Gasteiger partial charge in [0.2, 0.25) is 0 Å². The van der Waals surface area contributed by atoms with Crippen molar-refractivity contribution in [2.24, 2.45) is 0 Å². The number of nitrogens with two attached hydrogens (primary N) is 1. The number of pyridine rings is 1. The average Bonchev–Trinajstić information content (AvgIpc) is 2.43. The number of benzene rings is 2. The van der Waals surface area contributed by atoms with Crippen LogP contribution >= 0.6 is 0 Å². The molecule has 0 aliphatic carbocycles. The number of nitrogen functional groups attached to an aromatic ring is 1. The fourth-order valence-electron chi connectivity index (χ4n) is 2.29. The Bertz CT molecular complexity index is 723. The first kappa shape index (κ1) is 11.7. The number of fused-ring (bicyclic) bond motifs is 1. The molecule has 0 fully saturated rings. The Kier molecular flexibility index (Phi) is 2.88. The van der Waals surface area contributed by atoms with Crippen LogP contribution in [0.5, 0.6) is 0 Å². The largest absolute Gasteiger partial charge is 0.398 e. The molecule has 3 rings (SSSR count). The fourth-order valence-corrected chi connectivity index (χ4v) is 2.29. The third-order valence-corrected chi connectivity index (χ3v) is 3.23. The molecular formula is C16H13FN2. The third kappa shape index (κ3) is 2.27. The minimum absolute atomic E-state index is 0.232. The van der Waals surface area contributed by atoms with Gasteiger partial charge in [0.05, 0.1) is 0 Å². The van der Waals surface area contributed by atoms with E-state index in [-0.39, 0.29) is 5.82 Å². The first-order chi connectivity index (χ1) is 9.24. The van der Waals surface area contributed by atoms with Crippen molar-refractivity contribution < 1.29 is 4.39 Å². The summed E-state index contributed by atoms with van der Waals surface area (Å²) in [5, 5.41) is 1.86. The molecule has 0 aliphatic rings. The maximum absolute atomic E-state index is 13.3. The average molecular weight is 252 g/mol. The van der Waals surface area contributed by atoms with Crippen LogP contribution in [-0.2, 0) is 6.42 Å². The number of hydrogen-bond acceptors (Lipinski definition) is 2. The molecule has 1 aromatic heterocycles. The summed E-state index contributed by atoms with van der Waals surface area (Å²) in [6, 6.07) is 12.4. The van der Waals surface area contributed by atoms with Gasteiger partial charge in [-0.05, 0) is 46.2 Å². The highest BCUT2D eigenvalue weighted by atomic mass is 19.1. The molecular weight excluding hydrogens is 239 g/mol. The second-order valence-corrected chi connectivity index (χ2v) is 4.54.